The van der Waals surface area contributed by atoms with E-state index in [-0.39, 0.29) is 11.8 Å². The zero-order valence-corrected chi connectivity index (χ0v) is 15.4. The SMILES string of the molecule is O=C1NC(c2ccccc2Br)=C2C(=O)NC(c3ccccc3Br)=C12. The molecule has 0 saturated heterocycles. The normalized spacial score (nSPS) is 16.4. The van der Waals surface area contributed by atoms with Gasteiger partial charge in [0, 0.05) is 20.1 Å². The van der Waals surface area contributed by atoms with E-state index in [2.05, 4.69) is 42.5 Å². The second-order valence-electron chi connectivity index (χ2n) is 5.37. The van der Waals surface area contributed by atoms with Crippen molar-refractivity contribution < 1.29 is 9.59 Å². The van der Waals surface area contributed by atoms with E-state index in [1.54, 1.807) is 0 Å². The summed E-state index contributed by atoms with van der Waals surface area (Å²) >= 11 is 6.95. The minimum Gasteiger partial charge on any atom is -0.321 e. The van der Waals surface area contributed by atoms with Crippen LogP contribution in [0, 0.1) is 0 Å². The van der Waals surface area contributed by atoms with E-state index >= 15 is 0 Å². The average Bonchev–Trinajstić information content (AvgIpc) is 3.08. The Kier molecular flexibility index (Phi) is 3.66. The summed E-state index contributed by atoms with van der Waals surface area (Å²) in [6.45, 7) is 0. The highest BCUT2D eigenvalue weighted by Crippen LogP contribution is 2.40. The van der Waals surface area contributed by atoms with Crippen molar-refractivity contribution >= 4 is 55.1 Å². The topological polar surface area (TPSA) is 58.2 Å². The van der Waals surface area contributed by atoms with Crippen molar-refractivity contribution in [2.75, 3.05) is 0 Å². The summed E-state index contributed by atoms with van der Waals surface area (Å²) in [7, 11) is 0. The minimum absolute atomic E-state index is 0.278. The molecule has 0 unspecified atom stereocenters. The Bertz CT molecular complexity index is 897. The van der Waals surface area contributed by atoms with Crippen LogP contribution in [0.5, 0.6) is 0 Å². The van der Waals surface area contributed by atoms with Gasteiger partial charge in [0.2, 0.25) is 0 Å². The van der Waals surface area contributed by atoms with Gasteiger partial charge in [0.1, 0.15) is 0 Å². The van der Waals surface area contributed by atoms with Gasteiger partial charge in [-0.1, -0.05) is 68.3 Å². The second kappa shape index (κ2) is 5.72. The van der Waals surface area contributed by atoms with Gasteiger partial charge < -0.3 is 10.6 Å². The molecule has 0 saturated carbocycles. The van der Waals surface area contributed by atoms with Crippen LogP contribution in [0.15, 0.2) is 68.6 Å². The van der Waals surface area contributed by atoms with Crippen LogP contribution in [0.4, 0.5) is 0 Å². The van der Waals surface area contributed by atoms with Crippen LogP contribution in [0.2, 0.25) is 0 Å². The van der Waals surface area contributed by atoms with Crippen LogP contribution in [-0.2, 0) is 9.59 Å². The van der Waals surface area contributed by atoms with Crippen molar-refractivity contribution in [3.8, 4) is 0 Å². The molecular formula is C18H10Br2N2O2. The first kappa shape index (κ1) is 15.4. The Balaban J connectivity index is 1.96. The van der Waals surface area contributed by atoms with Gasteiger partial charge in [0.05, 0.1) is 22.5 Å². The molecule has 4 nitrogen and oxygen atoms in total. The lowest BCUT2D eigenvalue weighted by molar-refractivity contribution is -0.117. The number of nitrogens with one attached hydrogen (secondary N) is 2. The standard InChI is InChI=1S/C18H10Br2N2O2/c19-11-7-3-1-5-9(11)15-13-14(18(24)21-15)16(22-17(13)23)10-6-2-4-8-12(10)20/h1-8H,(H,21,24)(H,22,23). The second-order valence-corrected chi connectivity index (χ2v) is 7.08. The van der Waals surface area contributed by atoms with E-state index in [1.165, 1.54) is 0 Å². The predicted octanol–water partition coefficient (Wildman–Crippen LogP) is 3.59. The van der Waals surface area contributed by atoms with E-state index < -0.39 is 0 Å². The third kappa shape index (κ3) is 2.25. The van der Waals surface area contributed by atoms with E-state index in [1.807, 2.05) is 48.5 Å². The van der Waals surface area contributed by atoms with Gasteiger partial charge in [-0.05, 0) is 12.1 Å². The highest BCUT2D eigenvalue weighted by Gasteiger charge is 2.41. The van der Waals surface area contributed by atoms with Crippen molar-refractivity contribution in [1.29, 1.82) is 0 Å². The number of rotatable bonds is 2. The molecule has 2 amide bonds. The molecule has 2 aliphatic heterocycles. The van der Waals surface area contributed by atoms with E-state index in [4.69, 9.17) is 0 Å². The maximum Gasteiger partial charge on any atom is 0.258 e. The first-order valence-electron chi connectivity index (χ1n) is 7.19. The van der Waals surface area contributed by atoms with Crippen molar-refractivity contribution in [2.24, 2.45) is 0 Å². The smallest absolute Gasteiger partial charge is 0.258 e. The van der Waals surface area contributed by atoms with Gasteiger partial charge >= 0.3 is 0 Å². The summed E-state index contributed by atoms with van der Waals surface area (Å²) in [4.78, 5) is 25.1. The first-order valence-corrected chi connectivity index (χ1v) is 8.78. The van der Waals surface area contributed by atoms with Gasteiger partial charge in [-0.3, -0.25) is 9.59 Å². The molecule has 6 heteroatoms. The zero-order valence-electron chi connectivity index (χ0n) is 12.2. The molecule has 4 rings (SSSR count). The molecule has 0 radical (unpaired) electrons. The van der Waals surface area contributed by atoms with Crippen molar-refractivity contribution in [2.45, 2.75) is 0 Å². The lowest BCUT2D eigenvalue weighted by Crippen LogP contribution is -2.21. The fourth-order valence-electron chi connectivity index (χ4n) is 2.91. The molecule has 0 spiro atoms. The summed E-state index contributed by atoms with van der Waals surface area (Å²) in [5.41, 5.74) is 3.39. The third-order valence-corrected chi connectivity index (χ3v) is 5.35. The van der Waals surface area contributed by atoms with Crippen LogP contribution >= 0.6 is 31.9 Å². The van der Waals surface area contributed by atoms with Crippen molar-refractivity contribution in [1.82, 2.24) is 10.6 Å². The van der Waals surface area contributed by atoms with Crippen molar-refractivity contribution in [3.05, 3.63) is 79.7 Å². The van der Waals surface area contributed by atoms with E-state index in [0.717, 1.165) is 20.1 Å². The van der Waals surface area contributed by atoms with Crippen LogP contribution in [0.25, 0.3) is 11.4 Å². The molecule has 118 valence electrons. The molecule has 2 aromatic rings. The monoisotopic (exact) mass is 444 g/mol. The molecule has 0 fully saturated rings. The zero-order chi connectivity index (χ0) is 16.8. The van der Waals surface area contributed by atoms with E-state index in [0.29, 0.717) is 22.5 Å². The Morgan fingerprint density at radius 1 is 0.625 bits per heavy atom. The van der Waals surface area contributed by atoms with Gasteiger partial charge in [0.15, 0.2) is 0 Å². The molecule has 0 atom stereocenters. The number of halogens is 2. The number of fused-ring (bicyclic) bond motifs is 1. The van der Waals surface area contributed by atoms with Crippen LogP contribution in [0.1, 0.15) is 11.1 Å². The van der Waals surface area contributed by atoms with Gasteiger partial charge in [-0.15, -0.1) is 0 Å². The number of carbonyl (C=O) groups is 2. The number of hydrogen-bond acceptors (Lipinski definition) is 2. The number of hydrogen-bond donors (Lipinski definition) is 2. The molecule has 2 aliphatic rings. The molecule has 0 bridgehead atoms. The van der Waals surface area contributed by atoms with Crippen LogP contribution in [-0.4, -0.2) is 11.8 Å². The summed E-state index contributed by atoms with van der Waals surface area (Å²) in [6, 6.07) is 15.0. The third-order valence-electron chi connectivity index (χ3n) is 3.97. The van der Waals surface area contributed by atoms with E-state index in [9.17, 15) is 9.59 Å². The average molecular weight is 446 g/mol. The lowest BCUT2D eigenvalue weighted by atomic mass is 10.0. The summed E-state index contributed by atoms with van der Waals surface area (Å²) in [6.07, 6.45) is 0. The first-order chi connectivity index (χ1) is 11.6. The molecule has 2 N–H and O–H groups in total. The maximum absolute atomic E-state index is 12.6. The highest BCUT2D eigenvalue weighted by molar-refractivity contribution is 9.10. The molecule has 24 heavy (non-hydrogen) atoms. The minimum atomic E-state index is -0.278. The van der Waals surface area contributed by atoms with Crippen LogP contribution in [0.3, 0.4) is 0 Å². The fourth-order valence-corrected chi connectivity index (χ4v) is 3.88. The molecule has 2 heterocycles. The number of benzene rings is 2. The lowest BCUT2D eigenvalue weighted by Gasteiger charge is -2.09. The summed E-state index contributed by atoms with van der Waals surface area (Å²) in [5.74, 6) is -0.556. The molecule has 2 aromatic carbocycles. The number of carbonyl (C=O) groups excluding carboxylic acids is 2. The quantitative estimate of drug-likeness (QED) is 0.742. The molecule has 0 aliphatic carbocycles. The Morgan fingerprint density at radius 3 is 1.38 bits per heavy atom. The van der Waals surface area contributed by atoms with Gasteiger partial charge in [-0.25, -0.2) is 0 Å². The Hall–Kier alpha value is -2.18. The molecular weight excluding hydrogens is 436 g/mol. The fraction of sp³-hybridized carbons (Fsp3) is 0. The highest BCUT2D eigenvalue weighted by atomic mass is 79.9. The Labute approximate surface area is 154 Å². The van der Waals surface area contributed by atoms with Crippen molar-refractivity contribution in [3.63, 3.8) is 0 Å². The van der Waals surface area contributed by atoms with Gasteiger partial charge in [0.25, 0.3) is 11.8 Å². The predicted molar refractivity (Wildman–Crippen MR) is 98.4 cm³/mol. The Morgan fingerprint density at radius 2 is 1.00 bits per heavy atom. The number of amides is 2. The van der Waals surface area contributed by atoms with Crippen LogP contribution < -0.4 is 10.6 Å². The molecule has 0 aromatic heterocycles. The maximum atomic E-state index is 12.6. The summed E-state index contributed by atoms with van der Waals surface area (Å²) < 4.78 is 1.63. The largest absolute Gasteiger partial charge is 0.321 e. The summed E-state index contributed by atoms with van der Waals surface area (Å²) in [5, 5.41) is 5.68. The van der Waals surface area contributed by atoms with Gasteiger partial charge in [-0.2, -0.15) is 0 Å².